The van der Waals surface area contributed by atoms with Crippen molar-refractivity contribution in [2.75, 3.05) is 19.0 Å². The Bertz CT molecular complexity index is 605. The van der Waals surface area contributed by atoms with Crippen molar-refractivity contribution in [2.24, 2.45) is 0 Å². The molecule has 3 rings (SSSR count). The molecule has 0 aliphatic carbocycles. The van der Waals surface area contributed by atoms with Gasteiger partial charge in [-0.05, 0) is 31.7 Å². The van der Waals surface area contributed by atoms with Crippen LogP contribution in [0.15, 0.2) is 18.3 Å². The second kappa shape index (κ2) is 4.95. The lowest BCUT2D eigenvalue weighted by atomic mass is 9.81. The number of fused-ring (bicyclic) bond motifs is 2. The van der Waals surface area contributed by atoms with Crippen molar-refractivity contribution in [3.05, 3.63) is 23.9 Å². The van der Waals surface area contributed by atoms with Gasteiger partial charge < -0.3 is 10.0 Å². The van der Waals surface area contributed by atoms with E-state index in [2.05, 4.69) is 4.98 Å². The number of nitrogens with zero attached hydrogens (tertiary/aromatic N) is 2. The summed E-state index contributed by atoms with van der Waals surface area (Å²) in [5.74, 6) is 0.825. The Kier molecular flexibility index (Phi) is 3.48. The second-order valence-corrected chi connectivity index (χ2v) is 9.01. The van der Waals surface area contributed by atoms with Crippen LogP contribution in [0, 0.1) is 0 Å². The Balaban J connectivity index is 1.91. The average molecular weight is 310 g/mol. The van der Waals surface area contributed by atoms with Gasteiger partial charge in [-0.15, -0.1) is 0 Å². The van der Waals surface area contributed by atoms with Gasteiger partial charge in [0, 0.05) is 25.9 Å². The molecule has 2 bridgehead atoms. The fourth-order valence-electron chi connectivity index (χ4n) is 3.61. The average Bonchev–Trinajstić information content (AvgIpc) is 2.41. The van der Waals surface area contributed by atoms with Crippen LogP contribution in [0.4, 0.5) is 5.82 Å². The maximum atomic E-state index is 12.3. The predicted molar refractivity (Wildman–Crippen MR) is 82.0 cm³/mol. The molecule has 116 valence electrons. The lowest BCUT2D eigenvalue weighted by molar-refractivity contribution is 0.00472. The molecule has 0 amide bonds. The highest BCUT2D eigenvalue weighted by atomic mass is 32.2. The molecule has 1 aromatic rings. The zero-order chi connectivity index (χ0) is 15.3. The number of anilines is 1. The lowest BCUT2D eigenvalue weighted by Crippen LogP contribution is -2.50. The minimum atomic E-state index is -3.05. The van der Waals surface area contributed by atoms with Gasteiger partial charge in [-0.3, -0.25) is 0 Å². The lowest BCUT2D eigenvalue weighted by Gasteiger charge is -2.43. The zero-order valence-electron chi connectivity index (χ0n) is 12.5. The van der Waals surface area contributed by atoms with Gasteiger partial charge in [0.1, 0.15) is 5.82 Å². The van der Waals surface area contributed by atoms with Crippen molar-refractivity contribution in [2.45, 2.75) is 48.2 Å². The molecule has 2 fully saturated rings. The van der Waals surface area contributed by atoms with Crippen LogP contribution in [0.3, 0.4) is 0 Å². The molecule has 1 N–H and O–H groups in total. The molecular weight excluding hydrogens is 288 g/mol. The third-order valence-electron chi connectivity index (χ3n) is 4.86. The first-order valence-corrected chi connectivity index (χ1v) is 9.03. The monoisotopic (exact) mass is 310 g/mol. The van der Waals surface area contributed by atoms with Gasteiger partial charge in [-0.2, -0.15) is 0 Å². The Morgan fingerprint density at radius 2 is 1.86 bits per heavy atom. The fourth-order valence-corrected chi connectivity index (χ4v) is 6.16. The molecule has 2 unspecified atom stereocenters. The number of sulfone groups is 1. The molecule has 0 radical (unpaired) electrons. The van der Waals surface area contributed by atoms with Gasteiger partial charge in [0.15, 0.2) is 9.84 Å². The summed E-state index contributed by atoms with van der Waals surface area (Å²) in [4.78, 5) is 6.24. The Morgan fingerprint density at radius 1 is 1.24 bits per heavy atom. The van der Waals surface area contributed by atoms with Gasteiger partial charge >= 0.3 is 0 Å². The van der Waals surface area contributed by atoms with Crippen LogP contribution in [0.1, 0.15) is 37.7 Å². The molecule has 0 saturated carbocycles. The van der Waals surface area contributed by atoms with Gasteiger partial charge in [0.05, 0.1) is 16.1 Å². The smallest absolute Gasteiger partial charge is 0.156 e. The normalized spacial score (nSPS) is 34.4. The van der Waals surface area contributed by atoms with Crippen molar-refractivity contribution in [1.82, 2.24) is 4.98 Å². The molecule has 0 aromatic carbocycles. The number of hydrogen-bond acceptors (Lipinski definition) is 5. The third-order valence-corrected chi connectivity index (χ3v) is 7.52. The largest absolute Gasteiger partial charge is 0.385 e. The van der Waals surface area contributed by atoms with E-state index < -0.39 is 25.9 Å². The quantitative estimate of drug-likeness (QED) is 0.895. The van der Waals surface area contributed by atoms with E-state index in [1.165, 1.54) is 0 Å². The highest BCUT2D eigenvalue weighted by Crippen LogP contribution is 2.45. The number of hydrogen-bond donors (Lipinski definition) is 1. The van der Waals surface area contributed by atoms with Crippen LogP contribution in [0.5, 0.6) is 0 Å². The minimum absolute atomic E-state index is 0.300. The standard InChI is InChI=1S/C15H22N2O3S/c1-17(2)14-7-6-11(10-16-14)15(18)8-12-4-3-5-13(9-15)21(12,19)20/h6-7,10,12-13,18H,3-5,8-9H2,1-2H3. The van der Waals surface area contributed by atoms with Crippen molar-refractivity contribution >= 4 is 15.7 Å². The van der Waals surface area contributed by atoms with E-state index in [-0.39, 0.29) is 0 Å². The SMILES string of the molecule is CN(C)c1ccc(C2(O)CC3CCCC(C2)S3(=O)=O)cn1. The summed E-state index contributed by atoms with van der Waals surface area (Å²) in [6.45, 7) is 0. The Morgan fingerprint density at radius 3 is 2.33 bits per heavy atom. The number of rotatable bonds is 2. The van der Waals surface area contributed by atoms with E-state index in [9.17, 15) is 13.5 Å². The highest BCUT2D eigenvalue weighted by molar-refractivity contribution is 7.92. The number of aromatic nitrogens is 1. The van der Waals surface area contributed by atoms with Crippen LogP contribution in [0.25, 0.3) is 0 Å². The van der Waals surface area contributed by atoms with E-state index in [0.717, 1.165) is 17.8 Å². The first-order valence-electron chi connectivity index (χ1n) is 7.42. The van der Waals surface area contributed by atoms with Crippen molar-refractivity contribution in [3.8, 4) is 0 Å². The zero-order valence-corrected chi connectivity index (χ0v) is 13.3. The molecular formula is C15H22N2O3S. The van der Waals surface area contributed by atoms with E-state index in [4.69, 9.17) is 0 Å². The third kappa shape index (κ3) is 2.44. The fraction of sp³-hybridized carbons (Fsp3) is 0.667. The molecule has 2 atom stereocenters. The summed E-state index contributed by atoms with van der Waals surface area (Å²) in [7, 11) is 0.767. The molecule has 21 heavy (non-hydrogen) atoms. The van der Waals surface area contributed by atoms with Gasteiger partial charge in [-0.1, -0.05) is 12.5 Å². The van der Waals surface area contributed by atoms with Gasteiger partial charge in [0.25, 0.3) is 0 Å². The van der Waals surface area contributed by atoms with Gasteiger partial charge in [-0.25, -0.2) is 13.4 Å². The van der Waals surface area contributed by atoms with Gasteiger partial charge in [0.2, 0.25) is 0 Å². The van der Waals surface area contributed by atoms with Crippen LogP contribution in [-0.4, -0.2) is 43.1 Å². The highest BCUT2D eigenvalue weighted by Gasteiger charge is 2.51. The summed E-state index contributed by atoms with van der Waals surface area (Å²) in [5.41, 5.74) is -0.321. The first kappa shape index (κ1) is 14.8. The molecule has 5 nitrogen and oxygen atoms in total. The van der Waals surface area contributed by atoms with Crippen LogP contribution in [-0.2, 0) is 15.4 Å². The number of pyridine rings is 1. The van der Waals surface area contributed by atoms with Crippen LogP contribution in [0.2, 0.25) is 0 Å². The molecule has 2 aliphatic heterocycles. The van der Waals surface area contributed by atoms with Crippen LogP contribution >= 0.6 is 0 Å². The van der Waals surface area contributed by atoms with Crippen LogP contribution < -0.4 is 4.90 Å². The van der Waals surface area contributed by atoms with Crippen molar-refractivity contribution in [1.29, 1.82) is 0 Å². The van der Waals surface area contributed by atoms with E-state index >= 15 is 0 Å². The second-order valence-electron chi connectivity index (χ2n) is 6.50. The number of aliphatic hydroxyl groups is 1. The molecule has 2 aliphatic rings. The maximum absolute atomic E-state index is 12.3. The predicted octanol–water partition coefficient (Wildman–Crippen LogP) is 1.46. The van der Waals surface area contributed by atoms with Crippen molar-refractivity contribution in [3.63, 3.8) is 0 Å². The Labute approximate surface area is 125 Å². The molecule has 3 heterocycles. The molecule has 6 heteroatoms. The summed E-state index contributed by atoms with van der Waals surface area (Å²) in [5, 5.41) is 10.2. The van der Waals surface area contributed by atoms with E-state index in [0.29, 0.717) is 25.7 Å². The molecule has 2 saturated heterocycles. The molecule has 1 aromatic heterocycles. The minimum Gasteiger partial charge on any atom is -0.385 e. The van der Waals surface area contributed by atoms with E-state index in [1.54, 1.807) is 6.20 Å². The summed E-state index contributed by atoms with van der Waals surface area (Å²) in [6.07, 6.45) is 4.57. The molecule has 0 spiro atoms. The summed E-state index contributed by atoms with van der Waals surface area (Å²) >= 11 is 0. The Hall–Kier alpha value is -1.14. The van der Waals surface area contributed by atoms with E-state index in [1.807, 2.05) is 31.1 Å². The topological polar surface area (TPSA) is 70.5 Å². The van der Waals surface area contributed by atoms with Crippen molar-refractivity contribution < 1.29 is 13.5 Å². The maximum Gasteiger partial charge on any atom is 0.156 e. The summed E-state index contributed by atoms with van der Waals surface area (Å²) in [6, 6.07) is 3.74. The summed E-state index contributed by atoms with van der Waals surface area (Å²) < 4.78 is 24.6. The first-order chi connectivity index (χ1) is 9.83.